The number of hydrogen-bond acceptors (Lipinski definition) is 0. The molecule has 0 saturated carbocycles. The first kappa shape index (κ1) is 15.7. The summed E-state index contributed by atoms with van der Waals surface area (Å²) in [6, 6.07) is 20.5. The Hall–Kier alpha value is -2.34. The van der Waals surface area contributed by atoms with Crippen LogP contribution in [0, 0.1) is 13.8 Å². The molecule has 1 aromatic carbocycles. The van der Waals surface area contributed by atoms with Gasteiger partial charge < -0.3 is 0 Å². The molecule has 0 aliphatic rings. The quantitative estimate of drug-likeness (QED) is 0.628. The van der Waals surface area contributed by atoms with Crippen LogP contribution in [-0.2, 0) is 0 Å². The predicted octanol–water partition coefficient (Wildman–Crippen LogP) is 5.84. The van der Waals surface area contributed by atoms with E-state index in [0.717, 1.165) is 11.1 Å². The molecule has 0 nitrogen and oxygen atoms in total. The zero-order valence-corrected chi connectivity index (χ0v) is 12.3. The van der Waals surface area contributed by atoms with Crippen LogP contribution in [0.15, 0.2) is 73.8 Å². The summed E-state index contributed by atoms with van der Waals surface area (Å²) in [6.07, 6.45) is 3.71. The Morgan fingerprint density at radius 3 is 1.80 bits per heavy atom. The van der Waals surface area contributed by atoms with Crippen LogP contribution in [0.2, 0.25) is 0 Å². The molecule has 0 atom stereocenters. The Morgan fingerprint density at radius 1 is 0.650 bits per heavy atom. The van der Waals surface area contributed by atoms with Crippen LogP contribution in [0.5, 0.6) is 0 Å². The van der Waals surface area contributed by atoms with Crippen molar-refractivity contribution < 1.29 is 0 Å². The van der Waals surface area contributed by atoms with E-state index in [2.05, 4.69) is 57.3 Å². The Kier molecular flexibility index (Phi) is 6.84. The molecule has 0 aromatic heterocycles. The molecule has 0 heterocycles. The number of aryl methyl sites for hydroxylation is 2. The summed E-state index contributed by atoms with van der Waals surface area (Å²) >= 11 is 0. The van der Waals surface area contributed by atoms with E-state index in [9.17, 15) is 0 Å². The van der Waals surface area contributed by atoms with Crippen molar-refractivity contribution >= 4 is 12.2 Å². The second kappa shape index (κ2) is 8.71. The molecule has 20 heavy (non-hydrogen) atoms. The molecular weight excluding hydrogens is 240 g/mol. The molecular formula is C20H22. The zero-order chi connectivity index (χ0) is 14.8. The summed E-state index contributed by atoms with van der Waals surface area (Å²) in [7, 11) is 0. The topological polar surface area (TPSA) is 0 Å². The van der Waals surface area contributed by atoms with Crippen molar-refractivity contribution in [1.29, 1.82) is 0 Å². The van der Waals surface area contributed by atoms with Gasteiger partial charge in [-0.2, -0.15) is 0 Å². The standard InChI is InChI=1S/C20H22/c1-5-19-15-11-14-17(3)12-9-7-8-10-13-18(4)16-20(19)6-2/h5-16H,1-2H2,3-4H3. The second-order valence-corrected chi connectivity index (χ2v) is 4.58. The third-order valence-corrected chi connectivity index (χ3v) is 2.84. The highest BCUT2D eigenvalue weighted by Crippen LogP contribution is 2.10. The fourth-order valence-electron chi connectivity index (χ4n) is 1.74. The maximum Gasteiger partial charge on any atom is -0.0188 e. The minimum atomic E-state index is 1.06. The van der Waals surface area contributed by atoms with Crippen LogP contribution >= 0.6 is 0 Å². The molecule has 0 aliphatic heterocycles. The van der Waals surface area contributed by atoms with Crippen LogP contribution < -0.4 is 0 Å². The van der Waals surface area contributed by atoms with Gasteiger partial charge >= 0.3 is 0 Å². The predicted molar refractivity (Wildman–Crippen MR) is 91.4 cm³/mol. The summed E-state index contributed by atoms with van der Waals surface area (Å²) in [4.78, 5) is 0. The van der Waals surface area contributed by atoms with Crippen LogP contribution in [0.25, 0.3) is 12.2 Å². The van der Waals surface area contributed by atoms with E-state index in [1.807, 2.05) is 42.5 Å². The number of rotatable bonds is 2. The van der Waals surface area contributed by atoms with Gasteiger partial charge in [-0.15, -0.1) is 0 Å². The van der Waals surface area contributed by atoms with Gasteiger partial charge in [0.25, 0.3) is 0 Å². The molecule has 0 spiro atoms. The van der Waals surface area contributed by atoms with Crippen LogP contribution in [-0.4, -0.2) is 0 Å². The Morgan fingerprint density at radius 2 is 1.20 bits per heavy atom. The van der Waals surface area contributed by atoms with Gasteiger partial charge in [0.15, 0.2) is 0 Å². The second-order valence-electron chi connectivity index (χ2n) is 4.58. The van der Waals surface area contributed by atoms with Crippen LogP contribution in [0.1, 0.15) is 22.3 Å². The molecule has 0 bridgehead atoms. The van der Waals surface area contributed by atoms with Gasteiger partial charge in [0, 0.05) is 0 Å². The molecule has 0 aliphatic carbocycles. The lowest BCUT2D eigenvalue weighted by atomic mass is 10.1. The molecule has 0 N–H and O–H groups in total. The molecule has 0 radical (unpaired) electrons. The van der Waals surface area contributed by atoms with E-state index in [0.29, 0.717) is 0 Å². The highest BCUT2D eigenvalue weighted by Gasteiger charge is 1.89. The van der Waals surface area contributed by atoms with E-state index >= 15 is 0 Å². The largest absolute Gasteiger partial charge is 0.0984 e. The van der Waals surface area contributed by atoms with Crippen LogP contribution in [0.4, 0.5) is 0 Å². The average molecular weight is 262 g/mol. The summed E-state index contributed by atoms with van der Waals surface area (Å²) in [5, 5.41) is 0. The Bertz CT molecular complexity index is 592. The third kappa shape index (κ3) is 5.53. The van der Waals surface area contributed by atoms with Gasteiger partial charge in [0.1, 0.15) is 0 Å². The summed E-state index contributed by atoms with van der Waals surface area (Å²) in [6.45, 7) is 11.9. The van der Waals surface area contributed by atoms with Crippen molar-refractivity contribution in [2.45, 2.75) is 13.8 Å². The summed E-state index contributed by atoms with van der Waals surface area (Å²) in [5.41, 5.74) is 4.50. The highest BCUT2D eigenvalue weighted by atomic mass is 13.9. The molecule has 0 heteroatoms. The lowest BCUT2D eigenvalue weighted by Crippen LogP contribution is -1.76. The lowest BCUT2D eigenvalue weighted by Gasteiger charge is -1.96. The smallest absolute Gasteiger partial charge is 0.0188 e. The van der Waals surface area contributed by atoms with E-state index in [1.54, 1.807) is 0 Å². The molecule has 1 rings (SSSR count). The Labute approximate surface area is 122 Å². The van der Waals surface area contributed by atoms with E-state index < -0.39 is 0 Å². The van der Waals surface area contributed by atoms with E-state index in [4.69, 9.17) is 0 Å². The van der Waals surface area contributed by atoms with Gasteiger partial charge in [-0.05, 0) is 25.0 Å². The summed E-state index contributed by atoms with van der Waals surface area (Å²) < 4.78 is 0. The van der Waals surface area contributed by atoms with Crippen LogP contribution in [0.3, 0.4) is 0 Å². The molecule has 0 fully saturated rings. The van der Waals surface area contributed by atoms with Crippen molar-refractivity contribution in [1.82, 2.24) is 0 Å². The minimum Gasteiger partial charge on any atom is -0.0984 e. The van der Waals surface area contributed by atoms with E-state index in [1.165, 1.54) is 11.1 Å². The van der Waals surface area contributed by atoms with E-state index in [-0.39, 0.29) is 0 Å². The van der Waals surface area contributed by atoms with Crippen molar-refractivity contribution in [2.75, 3.05) is 0 Å². The first-order chi connectivity index (χ1) is 9.67. The van der Waals surface area contributed by atoms with Crippen molar-refractivity contribution in [2.24, 2.45) is 0 Å². The molecule has 102 valence electrons. The molecule has 1 aromatic rings. The first-order valence-electron chi connectivity index (χ1n) is 6.71. The molecule has 0 saturated heterocycles. The van der Waals surface area contributed by atoms with Gasteiger partial charge in [0.2, 0.25) is 0 Å². The van der Waals surface area contributed by atoms with Crippen molar-refractivity contribution in [3.63, 3.8) is 0 Å². The Balaban J connectivity index is 3.64. The lowest BCUT2D eigenvalue weighted by molar-refractivity contribution is 1.47. The molecule has 0 unspecified atom stereocenters. The van der Waals surface area contributed by atoms with Crippen molar-refractivity contribution in [3.05, 3.63) is 96.1 Å². The molecule has 0 amide bonds. The van der Waals surface area contributed by atoms with Gasteiger partial charge in [-0.1, -0.05) is 97.1 Å². The zero-order valence-electron chi connectivity index (χ0n) is 12.3. The van der Waals surface area contributed by atoms with Gasteiger partial charge in [-0.3, -0.25) is 0 Å². The highest BCUT2D eigenvalue weighted by molar-refractivity contribution is 5.62. The average Bonchev–Trinajstić information content (AvgIpc) is 2.44. The maximum atomic E-state index is 3.88. The fourth-order valence-corrected chi connectivity index (χ4v) is 1.74. The van der Waals surface area contributed by atoms with Crippen molar-refractivity contribution in [3.8, 4) is 0 Å². The monoisotopic (exact) mass is 262 g/mol. The maximum absolute atomic E-state index is 3.88. The normalized spacial score (nSPS) is 8.90. The SMILES string of the molecule is C=Cc1cccc(C)ccccccc(C)cc1C=C. The summed E-state index contributed by atoms with van der Waals surface area (Å²) in [5.74, 6) is 0. The van der Waals surface area contributed by atoms with Gasteiger partial charge in [-0.25, -0.2) is 0 Å². The van der Waals surface area contributed by atoms with Gasteiger partial charge in [0.05, 0.1) is 0 Å². The number of hydrogen-bond donors (Lipinski definition) is 0. The minimum absolute atomic E-state index is 1.06. The first-order valence-corrected chi connectivity index (χ1v) is 6.71. The third-order valence-electron chi connectivity index (χ3n) is 2.84. The fraction of sp³-hybridized carbons (Fsp3) is 0.100.